The average molecular weight is 369 g/mol. The van der Waals surface area contributed by atoms with Crippen LogP contribution in [0.15, 0.2) is 28.8 Å². The molecule has 122 valence electrons. The van der Waals surface area contributed by atoms with Crippen molar-refractivity contribution >= 4 is 15.9 Å². The predicted octanol–water partition coefficient (Wildman–Crippen LogP) is 3.38. The molecule has 0 aliphatic carbocycles. The van der Waals surface area contributed by atoms with Crippen LogP contribution in [0.3, 0.4) is 0 Å². The maximum Gasteiger partial charge on any atom is 0.161 e. The fraction of sp³-hybridized carbons (Fsp3) is 0.529. The van der Waals surface area contributed by atoms with Gasteiger partial charge in [0.2, 0.25) is 0 Å². The lowest BCUT2D eigenvalue weighted by atomic mass is 9.97. The Bertz CT molecular complexity index is 528. The average Bonchev–Trinajstić information content (AvgIpc) is 2.53. The molecular weight excluding hydrogens is 344 g/mol. The monoisotopic (exact) mass is 368 g/mol. The predicted molar refractivity (Wildman–Crippen MR) is 93.9 cm³/mol. The molecule has 1 N–H and O–H groups in total. The quantitative estimate of drug-likeness (QED) is 0.780. The maximum absolute atomic E-state index is 5.48. The molecule has 1 saturated heterocycles. The van der Waals surface area contributed by atoms with Gasteiger partial charge in [0.1, 0.15) is 0 Å². The molecule has 2 rings (SSSR count). The van der Waals surface area contributed by atoms with Gasteiger partial charge in [-0.2, -0.15) is 0 Å². The summed E-state index contributed by atoms with van der Waals surface area (Å²) in [5.74, 6) is 1.51. The molecule has 0 amide bonds. The third kappa shape index (κ3) is 4.03. The van der Waals surface area contributed by atoms with E-state index in [1.165, 1.54) is 11.1 Å². The number of ether oxygens (including phenoxy) is 2. The van der Waals surface area contributed by atoms with Crippen LogP contribution in [0.2, 0.25) is 0 Å². The van der Waals surface area contributed by atoms with Gasteiger partial charge in [-0.1, -0.05) is 21.5 Å². The van der Waals surface area contributed by atoms with Crippen molar-refractivity contribution < 1.29 is 9.47 Å². The Morgan fingerprint density at radius 2 is 1.86 bits per heavy atom. The molecule has 0 spiro atoms. The summed E-state index contributed by atoms with van der Waals surface area (Å²) >= 11 is 3.70. The van der Waals surface area contributed by atoms with Gasteiger partial charge in [0.15, 0.2) is 11.5 Å². The van der Waals surface area contributed by atoms with Crippen LogP contribution in [0, 0.1) is 0 Å². The highest BCUT2D eigenvalue weighted by atomic mass is 79.9. The van der Waals surface area contributed by atoms with Gasteiger partial charge in [-0.15, -0.1) is 6.58 Å². The molecule has 0 saturated carbocycles. The Kier molecular flexibility index (Phi) is 6.29. The number of halogens is 1. The lowest BCUT2D eigenvalue weighted by Gasteiger charge is -2.36. The smallest absolute Gasteiger partial charge is 0.161 e. The highest BCUT2D eigenvalue weighted by Gasteiger charge is 2.25. The summed E-state index contributed by atoms with van der Waals surface area (Å²) in [6.07, 6.45) is 0.939. The van der Waals surface area contributed by atoms with Crippen molar-refractivity contribution in [3.63, 3.8) is 0 Å². The van der Waals surface area contributed by atoms with Gasteiger partial charge in [-0.25, -0.2) is 0 Å². The van der Waals surface area contributed by atoms with E-state index in [0.717, 1.165) is 48.6 Å². The zero-order chi connectivity index (χ0) is 16.1. The second kappa shape index (κ2) is 7.99. The zero-order valence-corrected chi connectivity index (χ0v) is 15.2. The molecule has 0 aromatic heterocycles. The van der Waals surface area contributed by atoms with Crippen molar-refractivity contribution in [2.45, 2.75) is 19.4 Å². The number of benzene rings is 1. The number of hydrogen-bond acceptors (Lipinski definition) is 4. The first-order valence-electron chi connectivity index (χ1n) is 7.57. The molecule has 1 aromatic carbocycles. The zero-order valence-electron chi connectivity index (χ0n) is 13.6. The van der Waals surface area contributed by atoms with Gasteiger partial charge in [0, 0.05) is 36.7 Å². The minimum absolute atomic E-state index is 0.300. The first-order chi connectivity index (χ1) is 10.6. The van der Waals surface area contributed by atoms with Gasteiger partial charge in [0.25, 0.3) is 0 Å². The number of piperazine rings is 1. The van der Waals surface area contributed by atoms with Crippen LogP contribution in [-0.4, -0.2) is 45.3 Å². The molecule has 5 heteroatoms. The van der Waals surface area contributed by atoms with E-state index >= 15 is 0 Å². The molecular formula is C17H25BrN2O2. The molecule has 22 heavy (non-hydrogen) atoms. The molecule has 1 aliphatic heterocycles. The summed E-state index contributed by atoms with van der Waals surface area (Å²) < 4.78 is 11.9. The van der Waals surface area contributed by atoms with E-state index in [0.29, 0.717) is 6.04 Å². The largest absolute Gasteiger partial charge is 0.493 e. The van der Waals surface area contributed by atoms with Crippen molar-refractivity contribution in [1.29, 1.82) is 0 Å². The van der Waals surface area contributed by atoms with E-state index in [4.69, 9.17) is 9.47 Å². The topological polar surface area (TPSA) is 33.7 Å². The van der Waals surface area contributed by atoms with Gasteiger partial charge < -0.3 is 14.8 Å². The van der Waals surface area contributed by atoms with Crippen LogP contribution in [0.4, 0.5) is 0 Å². The van der Waals surface area contributed by atoms with Crippen LogP contribution < -0.4 is 14.8 Å². The van der Waals surface area contributed by atoms with Crippen molar-refractivity contribution in [1.82, 2.24) is 10.2 Å². The van der Waals surface area contributed by atoms with Crippen molar-refractivity contribution in [3.05, 3.63) is 34.3 Å². The van der Waals surface area contributed by atoms with E-state index in [2.05, 4.69) is 45.7 Å². The van der Waals surface area contributed by atoms with Crippen LogP contribution in [0.1, 0.15) is 24.9 Å². The minimum atomic E-state index is 0.300. The molecule has 1 atom stereocenters. The SMILES string of the molecule is C=C(C)C[C@H](c1cc(OC)c(OC)cc1Br)N1CCNCC1. The molecule has 4 nitrogen and oxygen atoms in total. The Morgan fingerprint density at radius 3 is 2.41 bits per heavy atom. The lowest BCUT2D eigenvalue weighted by Crippen LogP contribution is -2.45. The summed E-state index contributed by atoms with van der Waals surface area (Å²) in [5.41, 5.74) is 2.41. The van der Waals surface area contributed by atoms with Gasteiger partial charge in [-0.05, 0) is 31.0 Å². The first kappa shape index (κ1) is 17.3. The maximum atomic E-state index is 5.48. The number of rotatable bonds is 6. The van der Waals surface area contributed by atoms with Crippen molar-refractivity contribution in [3.8, 4) is 11.5 Å². The molecule has 0 bridgehead atoms. The highest BCUT2D eigenvalue weighted by Crippen LogP contribution is 2.39. The number of nitrogens with one attached hydrogen (secondary N) is 1. The standard InChI is InChI=1S/C17H25BrN2O2/c1-12(2)9-15(20-7-5-19-6-8-20)13-10-16(21-3)17(22-4)11-14(13)18/h10-11,15,19H,1,5-9H2,2-4H3/t15-/m1/s1. The van der Waals surface area contributed by atoms with E-state index < -0.39 is 0 Å². The lowest BCUT2D eigenvalue weighted by molar-refractivity contribution is 0.171. The number of methoxy groups -OCH3 is 2. The molecule has 1 heterocycles. The van der Waals surface area contributed by atoms with E-state index in [9.17, 15) is 0 Å². The van der Waals surface area contributed by atoms with Crippen LogP contribution in [0.25, 0.3) is 0 Å². The molecule has 1 aromatic rings. The fourth-order valence-electron chi connectivity index (χ4n) is 2.88. The van der Waals surface area contributed by atoms with Crippen LogP contribution in [-0.2, 0) is 0 Å². The van der Waals surface area contributed by atoms with Gasteiger partial charge in [0.05, 0.1) is 14.2 Å². The third-order valence-electron chi connectivity index (χ3n) is 4.00. The summed E-state index contributed by atoms with van der Waals surface area (Å²) in [4.78, 5) is 2.51. The fourth-order valence-corrected chi connectivity index (χ4v) is 3.47. The van der Waals surface area contributed by atoms with E-state index in [1.807, 2.05) is 6.07 Å². The number of nitrogens with zero attached hydrogens (tertiary/aromatic N) is 1. The Balaban J connectivity index is 2.39. The Morgan fingerprint density at radius 1 is 1.27 bits per heavy atom. The highest BCUT2D eigenvalue weighted by molar-refractivity contribution is 9.10. The summed E-state index contributed by atoms with van der Waals surface area (Å²) in [6, 6.07) is 4.37. The van der Waals surface area contributed by atoms with Crippen LogP contribution in [0.5, 0.6) is 11.5 Å². The number of hydrogen-bond donors (Lipinski definition) is 1. The molecule has 0 radical (unpaired) electrons. The minimum Gasteiger partial charge on any atom is -0.493 e. The molecule has 0 unspecified atom stereocenters. The summed E-state index contributed by atoms with van der Waals surface area (Å²) in [5, 5.41) is 3.41. The van der Waals surface area contributed by atoms with E-state index in [-0.39, 0.29) is 0 Å². The van der Waals surface area contributed by atoms with E-state index in [1.54, 1.807) is 14.2 Å². The molecule has 1 aliphatic rings. The summed E-state index contributed by atoms with van der Waals surface area (Å²) in [6.45, 7) is 10.3. The van der Waals surface area contributed by atoms with Gasteiger partial charge in [-0.3, -0.25) is 4.90 Å². The summed E-state index contributed by atoms with van der Waals surface area (Å²) in [7, 11) is 3.33. The third-order valence-corrected chi connectivity index (χ3v) is 4.68. The Hall–Kier alpha value is -1.04. The van der Waals surface area contributed by atoms with Gasteiger partial charge >= 0.3 is 0 Å². The van der Waals surface area contributed by atoms with Crippen molar-refractivity contribution in [2.24, 2.45) is 0 Å². The van der Waals surface area contributed by atoms with Crippen LogP contribution >= 0.6 is 15.9 Å². The molecule has 1 fully saturated rings. The second-order valence-corrected chi connectivity index (χ2v) is 6.55. The Labute approximate surface area is 141 Å². The normalized spacial score (nSPS) is 17.1. The first-order valence-corrected chi connectivity index (χ1v) is 8.36. The second-order valence-electron chi connectivity index (χ2n) is 5.69. The van der Waals surface area contributed by atoms with Crippen molar-refractivity contribution in [2.75, 3.05) is 40.4 Å².